The molecule has 2 aromatic heterocycles. The zero-order valence-corrected chi connectivity index (χ0v) is 21.1. The lowest BCUT2D eigenvalue weighted by molar-refractivity contribution is -0.0365. The first-order valence-electron chi connectivity index (χ1n) is 11.5. The van der Waals surface area contributed by atoms with Crippen molar-refractivity contribution in [1.82, 2.24) is 14.8 Å². The van der Waals surface area contributed by atoms with E-state index < -0.39 is 14.4 Å². The summed E-state index contributed by atoms with van der Waals surface area (Å²) in [5.41, 5.74) is 3.18. The van der Waals surface area contributed by atoms with Crippen LogP contribution in [-0.4, -0.2) is 34.8 Å². The third-order valence-electron chi connectivity index (χ3n) is 6.73. The molecule has 0 spiro atoms. The molecule has 32 heavy (non-hydrogen) atoms. The van der Waals surface area contributed by atoms with Crippen LogP contribution < -0.4 is 4.43 Å². The van der Waals surface area contributed by atoms with E-state index in [1.165, 1.54) is 0 Å². The maximum absolute atomic E-state index is 10.0. The molecule has 4 rings (SSSR count). The van der Waals surface area contributed by atoms with Gasteiger partial charge >= 0.3 is 0 Å². The van der Waals surface area contributed by atoms with Gasteiger partial charge in [-0.1, -0.05) is 26.8 Å². The summed E-state index contributed by atoms with van der Waals surface area (Å²) in [4.78, 5) is 4.70. The van der Waals surface area contributed by atoms with Gasteiger partial charge in [-0.25, -0.2) is 9.67 Å². The molecule has 0 radical (unpaired) electrons. The Hall–Kier alpha value is -2.22. The number of aliphatic hydroxyl groups excluding tert-OH is 1. The van der Waals surface area contributed by atoms with Crippen molar-refractivity contribution in [3.05, 3.63) is 42.1 Å². The number of rotatable bonds is 5. The van der Waals surface area contributed by atoms with Gasteiger partial charge in [-0.3, -0.25) is 0 Å². The molecule has 0 aliphatic carbocycles. The first kappa shape index (κ1) is 23.0. The van der Waals surface area contributed by atoms with Crippen molar-refractivity contribution in [2.24, 2.45) is 0 Å². The monoisotopic (exact) mass is 453 g/mol. The van der Waals surface area contributed by atoms with E-state index in [0.29, 0.717) is 5.69 Å². The lowest BCUT2D eigenvalue weighted by Crippen LogP contribution is -2.43. The fraction of sp³-hybridized carbons (Fsp3) is 0.520. The molecule has 6 nitrogen and oxygen atoms in total. The largest absolute Gasteiger partial charge is 0.543 e. The topological polar surface area (TPSA) is 69.4 Å². The number of ether oxygens (including phenoxy) is 1. The summed E-state index contributed by atoms with van der Waals surface area (Å²) in [5.74, 6) is 0.862. The Kier molecular flexibility index (Phi) is 6.18. The highest BCUT2D eigenvalue weighted by atomic mass is 28.4. The first-order valence-corrected chi connectivity index (χ1v) is 14.5. The van der Waals surface area contributed by atoms with E-state index in [9.17, 15) is 5.11 Å². The molecule has 1 N–H and O–H groups in total. The first-order chi connectivity index (χ1) is 15.1. The zero-order valence-electron chi connectivity index (χ0n) is 20.1. The Labute approximate surface area is 191 Å². The molecule has 1 aromatic carbocycles. The fourth-order valence-corrected chi connectivity index (χ4v) is 4.80. The molecule has 1 fully saturated rings. The van der Waals surface area contributed by atoms with E-state index in [1.54, 1.807) is 6.92 Å². The maximum atomic E-state index is 10.0. The second-order valence-corrected chi connectivity index (χ2v) is 15.0. The number of hydrogen-bond donors (Lipinski definition) is 1. The quantitative estimate of drug-likeness (QED) is 0.463. The second kappa shape index (κ2) is 8.61. The van der Waals surface area contributed by atoms with Gasteiger partial charge in [-0.05, 0) is 74.7 Å². The van der Waals surface area contributed by atoms with Gasteiger partial charge in [0.1, 0.15) is 11.4 Å². The van der Waals surface area contributed by atoms with E-state index in [-0.39, 0.29) is 11.3 Å². The molecule has 172 valence electrons. The summed E-state index contributed by atoms with van der Waals surface area (Å²) in [6.45, 7) is 13.7. The highest BCUT2D eigenvalue weighted by molar-refractivity contribution is 6.74. The van der Waals surface area contributed by atoms with Crippen LogP contribution in [0.1, 0.15) is 65.0 Å². The van der Waals surface area contributed by atoms with E-state index in [2.05, 4.69) is 46.0 Å². The zero-order chi connectivity index (χ0) is 23.1. The van der Waals surface area contributed by atoms with Crippen LogP contribution in [0.4, 0.5) is 0 Å². The van der Waals surface area contributed by atoms with Gasteiger partial charge in [0, 0.05) is 12.0 Å². The van der Waals surface area contributed by atoms with Gasteiger partial charge < -0.3 is 14.3 Å². The molecular formula is C25H35N3O3Si. The average Bonchev–Trinajstić information content (AvgIpc) is 3.12. The Morgan fingerprint density at radius 3 is 2.62 bits per heavy atom. The lowest BCUT2D eigenvalue weighted by Gasteiger charge is -2.36. The van der Waals surface area contributed by atoms with Crippen molar-refractivity contribution in [1.29, 1.82) is 0 Å². The molecule has 0 amide bonds. The van der Waals surface area contributed by atoms with Crippen molar-refractivity contribution in [2.45, 2.75) is 77.4 Å². The molecule has 0 saturated carbocycles. The molecule has 3 aromatic rings. The van der Waals surface area contributed by atoms with Gasteiger partial charge in [0.2, 0.25) is 8.32 Å². The SMILES string of the molecule is CC(O)c1cccc(-c2nn(C3CCCCO3)c3ccc(O[Si](C)(C)C(C)(C)C)cc23)n1. The van der Waals surface area contributed by atoms with E-state index in [1.807, 2.05) is 28.9 Å². The Bertz CT molecular complexity index is 1100. The van der Waals surface area contributed by atoms with Crippen LogP contribution in [0.5, 0.6) is 5.75 Å². The lowest BCUT2D eigenvalue weighted by atomic mass is 10.1. The summed E-state index contributed by atoms with van der Waals surface area (Å²) in [6, 6.07) is 11.9. The van der Waals surface area contributed by atoms with Gasteiger partial charge in [0.25, 0.3) is 0 Å². The highest BCUT2D eigenvalue weighted by Gasteiger charge is 2.39. The molecule has 0 bridgehead atoms. The summed E-state index contributed by atoms with van der Waals surface area (Å²) in [5, 5.41) is 16.1. The number of pyridine rings is 1. The number of benzene rings is 1. The van der Waals surface area contributed by atoms with Crippen molar-refractivity contribution in [3.63, 3.8) is 0 Å². The van der Waals surface area contributed by atoms with Crippen LogP contribution in [0.15, 0.2) is 36.4 Å². The van der Waals surface area contributed by atoms with Crippen LogP contribution in [-0.2, 0) is 4.74 Å². The number of hydrogen-bond acceptors (Lipinski definition) is 5. The third kappa shape index (κ3) is 4.47. The Balaban J connectivity index is 1.84. The minimum absolute atomic E-state index is 0.0768. The maximum Gasteiger partial charge on any atom is 0.250 e. The second-order valence-electron chi connectivity index (χ2n) is 10.3. The van der Waals surface area contributed by atoms with Crippen LogP contribution in [0.25, 0.3) is 22.3 Å². The van der Waals surface area contributed by atoms with Crippen molar-refractivity contribution in [2.75, 3.05) is 6.61 Å². The summed E-state index contributed by atoms with van der Waals surface area (Å²) in [6.07, 6.45) is 2.45. The number of aromatic nitrogens is 3. The minimum Gasteiger partial charge on any atom is -0.543 e. The fourth-order valence-electron chi connectivity index (χ4n) is 3.77. The molecule has 2 atom stereocenters. The van der Waals surface area contributed by atoms with Crippen molar-refractivity contribution in [3.8, 4) is 17.1 Å². The van der Waals surface area contributed by atoms with Gasteiger partial charge in [-0.15, -0.1) is 0 Å². The predicted octanol–water partition coefficient (Wildman–Crippen LogP) is 6.23. The highest BCUT2D eigenvalue weighted by Crippen LogP contribution is 2.39. The smallest absolute Gasteiger partial charge is 0.250 e. The van der Waals surface area contributed by atoms with Crippen LogP contribution >= 0.6 is 0 Å². The van der Waals surface area contributed by atoms with Crippen molar-refractivity contribution >= 4 is 19.2 Å². The van der Waals surface area contributed by atoms with E-state index in [0.717, 1.165) is 53.9 Å². The number of fused-ring (bicyclic) bond motifs is 1. The normalized spacial score (nSPS) is 18.7. The van der Waals surface area contributed by atoms with Gasteiger partial charge in [0.15, 0.2) is 6.23 Å². The molecule has 3 heterocycles. The van der Waals surface area contributed by atoms with Crippen LogP contribution in [0, 0.1) is 0 Å². The third-order valence-corrected chi connectivity index (χ3v) is 11.1. The van der Waals surface area contributed by atoms with Gasteiger partial charge in [0.05, 0.1) is 23.0 Å². The minimum atomic E-state index is -1.98. The van der Waals surface area contributed by atoms with Crippen LogP contribution in [0.3, 0.4) is 0 Å². The Morgan fingerprint density at radius 2 is 1.97 bits per heavy atom. The molecule has 2 unspecified atom stereocenters. The standard InChI is InChI=1S/C25H35N3O3Si/c1-17(29)20-10-9-11-21(26-20)24-19-16-18(31-32(5,6)25(2,3)4)13-14-22(19)28(27-24)23-12-7-8-15-30-23/h9-11,13-14,16-17,23,29H,7-8,12,15H2,1-6H3. The van der Waals surface area contributed by atoms with E-state index in [4.69, 9.17) is 19.2 Å². The van der Waals surface area contributed by atoms with E-state index >= 15 is 0 Å². The molecule has 1 aliphatic heterocycles. The van der Waals surface area contributed by atoms with Crippen LogP contribution in [0.2, 0.25) is 18.1 Å². The number of nitrogens with zero attached hydrogens (tertiary/aromatic N) is 3. The Morgan fingerprint density at radius 1 is 1.19 bits per heavy atom. The summed E-state index contributed by atoms with van der Waals surface area (Å²) < 4.78 is 14.6. The molecule has 1 aliphatic rings. The van der Waals surface area contributed by atoms with Crippen molar-refractivity contribution < 1.29 is 14.3 Å². The molecule has 1 saturated heterocycles. The summed E-state index contributed by atoms with van der Waals surface area (Å²) in [7, 11) is -1.98. The summed E-state index contributed by atoms with van der Waals surface area (Å²) >= 11 is 0. The number of aliphatic hydroxyl groups is 1. The molecule has 7 heteroatoms. The van der Waals surface area contributed by atoms with Gasteiger partial charge in [-0.2, -0.15) is 5.10 Å². The average molecular weight is 454 g/mol. The molecular weight excluding hydrogens is 418 g/mol. The predicted molar refractivity (Wildman–Crippen MR) is 130 cm³/mol.